The van der Waals surface area contributed by atoms with Gasteiger partial charge < -0.3 is 15.5 Å². The molecule has 2 aromatic rings. The number of amides is 1. The van der Waals surface area contributed by atoms with Gasteiger partial charge in [-0.05, 0) is 31.7 Å². The highest BCUT2D eigenvalue weighted by Gasteiger charge is 2.30. The maximum absolute atomic E-state index is 12.6. The standard InChI is InChI=1S/C17H23N7O/c18-17-20-14(12-15(21-17)24-9-3-6-19-24)22-10-4-13(5-11-22)16(25)23-7-1-2-8-23/h3,6,9,12-13H,1-2,4-5,7-8,10-11H2,(H2,18,20,21). The molecule has 1 amide bonds. The Morgan fingerprint density at radius 3 is 2.48 bits per heavy atom. The summed E-state index contributed by atoms with van der Waals surface area (Å²) in [5, 5.41) is 4.20. The molecule has 2 aromatic heterocycles. The maximum Gasteiger partial charge on any atom is 0.225 e. The molecule has 2 aliphatic rings. The molecule has 0 aliphatic carbocycles. The zero-order valence-corrected chi connectivity index (χ0v) is 14.2. The van der Waals surface area contributed by atoms with E-state index in [0.29, 0.717) is 11.7 Å². The molecule has 0 saturated carbocycles. The Kier molecular flexibility index (Phi) is 4.25. The number of nitrogen functional groups attached to an aromatic ring is 1. The molecule has 0 bridgehead atoms. The Hall–Kier alpha value is -2.64. The van der Waals surface area contributed by atoms with Crippen LogP contribution in [0.5, 0.6) is 0 Å². The first-order chi connectivity index (χ1) is 12.2. The zero-order valence-electron chi connectivity index (χ0n) is 14.2. The van der Waals surface area contributed by atoms with Crippen molar-refractivity contribution >= 4 is 17.7 Å². The van der Waals surface area contributed by atoms with Crippen molar-refractivity contribution in [3.8, 4) is 5.82 Å². The van der Waals surface area contributed by atoms with Gasteiger partial charge in [0.15, 0.2) is 5.82 Å². The highest BCUT2D eigenvalue weighted by Crippen LogP contribution is 2.26. The summed E-state index contributed by atoms with van der Waals surface area (Å²) < 4.78 is 1.67. The van der Waals surface area contributed by atoms with Gasteiger partial charge in [-0.3, -0.25) is 4.79 Å². The molecule has 2 aliphatic heterocycles. The molecule has 132 valence electrons. The van der Waals surface area contributed by atoms with E-state index in [1.54, 1.807) is 10.9 Å². The van der Waals surface area contributed by atoms with Crippen molar-refractivity contribution in [2.24, 2.45) is 5.92 Å². The normalized spacial score (nSPS) is 18.7. The molecule has 4 heterocycles. The summed E-state index contributed by atoms with van der Waals surface area (Å²) >= 11 is 0. The number of hydrogen-bond donors (Lipinski definition) is 1. The van der Waals surface area contributed by atoms with E-state index in [-0.39, 0.29) is 11.9 Å². The van der Waals surface area contributed by atoms with E-state index in [1.165, 1.54) is 0 Å². The highest BCUT2D eigenvalue weighted by atomic mass is 16.2. The Balaban J connectivity index is 1.45. The van der Waals surface area contributed by atoms with Crippen LogP contribution in [0.4, 0.5) is 11.8 Å². The minimum absolute atomic E-state index is 0.138. The Labute approximate surface area is 146 Å². The summed E-state index contributed by atoms with van der Waals surface area (Å²) in [6.07, 6.45) is 7.52. The van der Waals surface area contributed by atoms with Crippen LogP contribution in [-0.2, 0) is 4.79 Å². The number of anilines is 2. The monoisotopic (exact) mass is 341 g/mol. The summed E-state index contributed by atoms with van der Waals surface area (Å²) in [5.74, 6) is 2.15. The Morgan fingerprint density at radius 2 is 1.80 bits per heavy atom. The molecular weight excluding hydrogens is 318 g/mol. The predicted molar refractivity (Wildman–Crippen MR) is 94.3 cm³/mol. The van der Waals surface area contributed by atoms with Crippen LogP contribution in [0.15, 0.2) is 24.5 Å². The number of nitrogens with two attached hydrogens (primary N) is 1. The van der Waals surface area contributed by atoms with E-state index in [0.717, 1.165) is 57.7 Å². The molecule has 8 heteroatoms. The van der Waals surface area contributed by atoms with Gasteiger partial charge in [-0.25, -0.2) is 4.68 Å². The average Bonchev–Trinajstić information content (AvgIpc) is 3.34. The van der Waals surface area contributed by atoms with Gasteiger partial charge in [0.1, 0.15) is 5.82 Å². The van der Waals surface area contributed by atoms with Gasteiger partial charge in [0, 0.05) is 50.6 Å². The van der Waals surface area contributed by atoms with E-state index in [9.17, 15) is 4.79 Å². The molecule has 0 spiro atoms. The van der Waals surface area contributed by atoms with E-state index >= 15 is 0 Å². The summed E-state index contributed by atoms with van der Waals surface area (Å²) in [6.45, 7) is 3.46. The number of aromatic nitrogens is 4. The number of nitrogens with zero attached hydrogens (tertiary/aromatic N) is 6. The lowest BCUT2D eigenvalue weighted by molar-refractivity contribution is -0.135. The first-order valence-electron chi connectivity index (χ1n) is 8.89. The van der Waals surface area contributed by atoms with E-state index < -0.39 is 0 Å². The summed E-state index contributed by atoms with van der Waals surface area (Å²) in [4.78, 5) is 25.4. The molecule has 2 saturated heterocycles. The third kappa shape index (κ3) is 3.29. The summed E-state index contributed by atoms with van der Waals surface area (Å²) in [6, 6.07) is 3.74. The number of carbonyl (C=O) groups is 1. The molecule has 0 unspecified atom stereocenters. The number of rotatable bonds is 3. The lowest BCUT2D eigenvalue weighted by Crippen LogP contribution is -2.42. The molecule has 2 N–H and O–H groups in total. The number of piperidine rings is 1. The second kappa shape index (κ2) is 6.70. The summed E-state index contributed by atoms with van der Waals surface area (Å²) in [7, 11) is 0. The predicted octanol–water partition coefficient (Wildman–Crippen LogP) is 1.08. The van der Waals surface area contributed by atoms with Crippen molar-refractivity contribution in [2.75, 3.05) is 36.8 Å². The van der Waals surface area contributed by atoms with Crippen LogP contribution in [0, 0.1) is 5.92 Å². The molecule has 8 nitrogen and oxygen atoms in total. The molecule has 0 atom stereocenters. The third-order valence-electron chi connectivity index (χ3n) is 5.04. The lowest BCUT2D eigenvalue weighted by atomic mass is 9.95. The Bertz CT molecular complexity index is 731. The van der Waals surface area contributed by atoms with Crippen LogP contribution in [0.3, 0.4) is 0 Å². The van der Waals surface area contributed by atoms with E-state index in [4.69, 9.17) is 5.73 Å². The van der Waals surface area contributed by atoms with Gasteiger partial charge in [0.05, 0.1) is 0 Å². The third-order valence-corrected chi connectivity index (χ3v) is 5.04. The van der Waals surface area contributed by atoms with Gasteiger partial charge in [0.2, 0.25) is 11.9 Å². The number of hydrogen-bond acceptors (Lipinski definition) is 6. The second-order valence-corrected chi connectivity index (χ2v) is 6.69. The van der Waals surface area contributed by atoms with E-state index in [2.05, 4.69) is 20.0 Å². The molecular formula is C17H23N7O. The van der Waals surface area contributed by atoms with Crippen LogP contribution in [0.1, 0.15) is 25.7 Å². The van der Waals surface area contributed by atoms with Crippen LogP contribution >= 0.6 is 0 Å². The van der Waals surface area contributed by atoms with Crippen LogP contribution in [0.2, 0.25) is 0 Å². The largest absolute Gasteiger partial charge is 0.368 e. The highest BCUT2D eigenvalue weighted by molar-refractivity contribution is 5.79. The smallest absolute Gasteiger partial charge is 0.225 e. The van der Waals surface area contributed by atoms with Gasteiger partial charge in [0.25, 0.3) is 0 Å². The zero-order chi connectivity index (χ0) is 17.2. The van der Waals surface area contributed by atoms with Crippen LogP contribution in [0.25, 0.3) is 5.82 Å². The average molecular weight is 341 g/mol. The molecule has 0 aromatic carbocycles. The second-order valence-electron chi connectivity index (χ2n) is 6.69. The lowest BCUT2D eigenvalue weighted by Gasteiger charge is -2.33. The fourth-order valence-corrected chi connectivity index (χ4v) is 3.67. The fraction of sp³-hybridized carbons (Fsp3) is 0.529. The van der Waals surface area contributed by atoms with Crippen LogP contribution in [-0.4, -0.2) is 56.7 Å². The van der Waals surface area contributed by atoms with Gasteiger partial charge in [-0.2, -0.15) is 15.1 Å². The topological polar surface area (TPSA) is 93.2 Å². The Morgan fingerprint density at radius 1 is 1.08 bits per heavy atom. The molecule has 25 heavy (non-hydrogen) atoms. The van der Waals surface area contributed by atoms with Crippen molar-refractivity contribution < 1.29 is 4.79 Å². The number of carbonyl (C=O) groups excluding carboxylic acids is 1. The van der Waals surface area contributed by atoms with Gasteiger partial charge in [-0.1, -0.05) is 0 Å². The minimum atomic E-state index is 0.138. The van der Waals surface area contributed by atoms with Gasteiger partial charge >= 0.3 is 0 Å². The van der Waals surface area contributed by atoms with Crippen LogP contribution < -0.4 is 10.6 Å². The molecule has 2 fully saturated rings. The molecule has 0 radical (unpaired) electrons. The van der Waals surface area contributed by atoms with Crippen molar-refractivity contribution in [1.82, 2.24) is 24.6 Å². The van der Waals surface area contributed by atoms with Crippen molar-refractivity contribution in [3.63, 3.8) is 0 Å². The summed E-state index contributed by atoms with van der Waals surface area (Å²) in [5.41, 5.74) is 5.88. The fourth-order valence-electron chi connectivity index (χ4n) is 3.67. The van der Waals surface area contributed by atoms with Crippen molar-refractivity contribution in [3.05, 3.63) is 24.5 Å². The SMILES string of the molecule is Nc1nc(N2CCC(C(=O)N3CCCC3)CC2)cc(-n2cccn2)n1. The van der Waals surface area contributed by atoms with Gasteiger partial charge in [-0.15, -0.1) is 0 Å². The first kappa shape index (κ1) is 15.9. The van der Waals surface area contributed by atoms with E-state index in [1.807, 2.05) is 23.2 Å². The first-order valence-corrected chi connectivity index (χ1v) is 8.89. The molecule has 4 rings (SSSR count). The van der Waals surface area contributed by atoms with Crippen molar-refractivity contribution in [1.29, 1.82) is 0 Å². The maximum atomic E-state index is 12.6. The van der Waals surface area contributed by atoms with Crippen molar-refractivity contribution in [2.45, 2.75) is 25.7 Å². The number of likely N-dealkylation sites (tertiary alicyclic amines) is 1. The minimum Gasteiger partial charge on any atom is -0.368 e. The quantitative estimate of drug-likeness (QED) is 0.898.